The summed E-state index contributed by atoms with van der Waals surface area (Å²) in [7, 11) is 0.456. The highest BCUT2D eigenvalue weighted by atomic mass is 32.2. The Morgan fingerprint density at radius 1 is 1.37 bits per heavy atom. The van der Waals surface area contributed by atoms with Gasteiger partial charge in [0.25, 0.3) is 0 Å². The number of carbonyl (C=O) groups excluding carboxylic acids is 1. The number of ether oxygens (including phenoxy) is 1. The molecule has 3 nitrogen and oxygen atoms in total. The van der Waals surface area contributed by atoms with Crippen molar-refractivity contribution in [2.24, 2.45) is 5.41 Å². The summed E-state index contributed by atoms with van der Waals surface area (Å²) in [5.74, 6) is 0.403. The maximum absolute atomic E-state index is 12.4. The van der Waals surface area contributed by atoms with Crippen LogP contribution in [0.5, 0.6) is 0 Å². The van der Waals surface area contributed by atoms with Crippen LogP contribution < -0.4 is 0 Å². The zero-order chi connectivity index (χ0) is 13.9. The maximum Gasteiger partial charge on any atom is 0.306 e. The van der Waals surface area contributed by atoms with E-state index < -0.39 is 10.8 Å². The van der Waals surface area contributed by atoms with E-state index in [1.807, 2.05) is 37.3 Å². The molecule has 0 aromatic heterocycles. The van der Waals surface area contributed by atoms with Gasteiger partial charge in [-0.1, -0.05) is 30.3 Å². The third-order valence-corrected chi connectivity index (χ3v) is 5.77. The van der Waals surface area contributed by atoms with Crippen molar-refractivity contribution in [2.45, 2.75) is 31.4 Å². The Morgan fingerprint density at radius 2 is 2.00 bits per heavy atom. The highest BCUT2D eigenvalue weighted by molar-refractivity contribution is 7.85. The van der Waals surface area contributed by atoms with Crippen molar-refractivity contribution in [2.75, 3.05) is 12.9 Å². The van der Waals surface area contributed by atoms with E-state index in [0.717, 1.165) is 18.4 Å². The van der Waals surface area contributed by atoms with E-state index in [9.17, 15) is 9.00 Å². The zero-order valence-electron chi connectivity index (χ0n) is 11.4. The van der Waals surface area contributed by atoms with Crippen molar-refractivity contribution in [3.8, 4) is 0 Å². The molecule has 1 fully saturated rings. The van der Waals surface area contributed by atoms with Crippen molar-refractivity contribution >= 4 is 16.8 Å². The summed E-state index contributed by atoms with van der Waals surface area (Å²) < 4.78 is 17.1. The van der Waals surface area contributed by atoms with Gasteiger partial charge in [0.15, 0.2) is 0 Å². The van der Waals surface area contributed by atoms with Gasteiger partial charge in [0.1, 0.15) is 0 Å². The average molecular weight is 280 g/mol. The van der Waals surface area contributed by atoms with Crippen LogP contribution in [0, 0.1) is 5.41 Å². The van der Waals surface area contributed by atoms with Crippen LogP contribution in [0.1, 0.15) is 37.0 Å². The van der Waals surface area contributed by atoms with Gasteiger partial charge in [0, 0.05) is 16.6 Å². The normalized spacial score (nSPS) is 19.5. The van der Waals surface area contributed by atoms with Gasteiger partial charge in [0.05, 0.1) is 18.8 Å². The van der Waals surface area contributed by atoms with Gasteiger partial charge >= 0.3 is 5.97 Å². The number of methoxy groups -OCH3 is 1. The first-order valence-electron chi connectivity index (χ1n) is 6.55. The summed E-state index contributed by atoms with van der Waals surface area (Å²) in [4.78, 5) is 11.4. The molecule has 2 atom stereocenters. The fraction of sp³-hybridized carbons (Fsp3) is 0.533. The summed E-state index contributed by atoms with van der Waals surface area (Å²) in [5, 5.41) is 0.0105. The lowest BCUT2D eigenvalue weighted by molar-refractivity contribution is -0.141. The van der Waals surface area contributed by atoms with Gasteiger partial charge in [-0.05, 0) is 30.7 Å². The van der Waals surface area contributed by atoms with E-state index >= 15 is 0 Å². The first-order valence-corrected chi connectivity index (χ1v) is 7.93. The van der Waals surface area contributed by atoms with E-state index in [0.29, 0.717) is 12.2 Å². The molecule has 2 rings (SSSR count). The standard InChI is InChI=1S/C15H20O3S/c1-12(13-6-4-3-5-7-13)19(17)11-15(8-9-15)10-14(16)18-2/h3-7,12H,8-11H2,1-2H3. The third-order valence-electron chi connectivity index (χ3n) is 3.82. The number of rotatable bonds is 6. The van der Waals surface area contributed by atoms with Crippen LogP contribution in [0.25, 0.3) is 0 Å². The van der Waals surface area contributed by atoms with Gasteiger partial charge in [-0.25, -0.2) is 0 Å². The van der Waals surface area contributed by atoms with Crippen LogP contribution in [0.3, 0.4) is 0 Å². The highest BCUT2D eigenvalue weighted by Gasteiger charge is 2.46. The lowest BCUT2D eigenvalue weighted by Crippen LogP contribution is -2.20. The van der Waals surface area contributed by atoms with E-state index in [1.54, 1.807) is 0 Å². The lowest BCUT2D eigenvalue weighted by atomic mass is 10.1. The Labute approximate surface area is 116 Å². The average Bonchev–Trinajstić information content (AvgIpc) is 3.18. The SMILES string of the molecule is COC(=O)CC1(CS(=O)C(C)c2ccccc2)CC1. The van der Waals surface area contributed by atoms with Crippen LogP contribution >= 0.6 is 0 Å². The number of carbonyl (C=O) groups is 1. The van der Waals surface area contributed by atoms with Crippen molar-refractivity contribution in [1.82, 2.24) is 0 Å². The summed E-state index contributed by atoms with van der Waals surface area (Å²) in [6, 6.07) is 9.89. The monoisotopic (exact) mass is 280 g/mol. The van der Waals surface area contributed by atoms with Crippen molar-refractivity contribution < 1.29 is 13.7 Å². The minimum absolute atomic E-state index is 0.0105. The minimum atomic E-state index is -0.949. The van der Waals surface area contributed by atoms with Crippen LogP contribution in [-0.4, -0.2) is 23.0 Å². The second-order valence-corrected chi connectivity index (χ2v) is 7.09. The Kier molecular flexibility index (Phi) is 4.40. The second-order valence-electron chi connectivity index (χ2n) is 5.33. The Morgan fingerprint density at radius 3 is 2.53 bits per heavy atom. The molecule has 0 saturated heterocycles. The van der Waals surface area contributed by atoms with Crippen molar-refractivity contribution in [3.05, 3.63) is 35.9 Å². The van der Waals surface area contributed by atoms with Crippen LogP contribution in [0.4, 0.5) is 0 Å². The van der Waals surface area contributed by atoms with Crippen LogP contribution in [0.15, 0.2) is 30.3 Å². The number of benzene rings is 1. The molecule has 1 aromatic carbocycles. The molecule has 0 bridgehead atoms. The van der Waals surface area contributed by atoms with Gasteiger partial charge in [-0.3, -0.25) is 9.00 Å². The van der Waals surface area contributed by atoms with E-state index in [1.165, 1.54) is 7.11 Å². The van der Waals surface area contributed by atoms with Crippen molar-refractivity contribution in [1.29, 1.82) is 0 Å². The Hall–Kier alpha value is -1.16. The topological polar surface area (TPSA) is 43.4 Å². The fourth-order valence-electron chi connectivity index (χ4n) is 2.23. The molecular formula is C15H20O3S. The second kappa shape index (κ2) is 5.87. The van der Waals surface area contributed by atoms with Gasteiger partial charge in [0.2, 0.25) is 0 Å². The number of hydrogen-bond donors (Lipinski definition) is 0. The summed E-state index contributed by atoms with van der Waals surface area (Å²) in [6.07, 6.45) is 2.36. The van der Waals surface area contributed by atoms with E-state index in [-0.39, 0.29) is 16.6 Å². The lowest BCUT2D eigenvalue weighted by Gasteiger charge is -2.17. The smallest absolute Gasteiger partial charge is 0.306 e. The minimum Gasteiger partial charge on any atom is -0.469 e. The molecule has 1 aromatic rings. The predicted octanol–water partition coefficient (Wildman–Crippen LogP) is 2.84. The summed E-state index contributed by atoms with van der Waals surface area (Å²) in [5.41, 5.74) is 1.02. The van der Waals surface area contributed by atoms with Crippen LogP contribution in [0.2, 0.25) is 0 Å². The molecule has 0 radical (unpaired) electrons. The van der Waals surface area contributed by atoms with E-state index in [4.69, 9.17) is 4.74 Å². The van der Waals surface area contributed by atoms with E-state index in [2.05, 4.69) is 0 Å². The number of hydrogen-bond acceptors (Lipinski definition) is 3. The van der Waals surface area contributed by atoms with Gasteiger partial charge < -0.3 is 4.74 Å². The predicted molar refractivity (Wildman–Crippen MR) is 76.2 cm³/mol. The molecule has 4 heteroatoms. The van der Waals surface area contributed by atoms with Crippen LogP contribution in [-0.2, 0) is 20.3 Å². The zero-order valence-corrected chi connectivity index (χ0v) is 12.2. The van der Waals surface area contributed by atoms with Gasteiger partial charge in [-0.2, -0.15) is 0 Å². The molecule has 0 spiro atoms. The first-order chi connectivity index (χ1) is 9.06. The molecule has 0 amide bonds. The molecular weight excluding hydrogens is 260 g/mol. The largest absolute Gasteiger partial charge is 0.469 e. The first kappa shape index (κ1) is 14.3. The molecule has 104 valence electrons. The van der Waals surface area contributed by atoms with Crippen molar-refractivity contribution in [3.63, 3.8) is 0 Å². The molecule has 1 saturated carbocycles. The summed E-state index contributed by atoms with van der Waals surface area (Å²) in [6.45, 7) is 1.99. The molecule has 0 aliphatic heterocycles. The number of esters is 1. The molecule has 19 heavy (non-hydrogen) atoms. The Bertz CT molecular complexity index is 466. The maximum atomic E-state index is 12.4. The third kappa shape index (κ3) is 3.66. The quantitative estimate of drug-likeness (QED) is 0.753. The summed E-state index contributed by atoms with van der Waals surface area (Å²) >= 11 is 0. The molecule has 1 aliphatic rings. The molecule has 0 heterocycles. The fourth-order valence-corrected chi connectivity index (χ4v) is 3.93. The molecule has 2 unspecified atom stereocenters. The Balaban J connectivity index is 1.96. The molecule has 1 aliphatic carbocycles. The van der Waals surface area contributed by atoms with Gasteiger partial charge in [-0.15, -0.1) is 0 Å². The highest BCUT2D eigenvalue weighted by Crippen LogP contribution is 2.50. The molecule has 0 N–H and O–H groups in total.